The molecular weight excluding hydrogens is 228 g/mol. The van der Waals surface area contributed by atoms with Crippen LogP contribution in [-0.2, 0) is 24.0 Å². The van der Waals surface area contributed by atoms with Crippen LogP contribution in [0.15, 0.2) is 0 Å². The second kappa shape index (κ2) is 10.3. The summed E-state index contributed by atoms with van der Waals surface area (Å²) in [6.45, 7) is 4.30. The third kappa shape index (κ3) is 10.0. The zero-order valence-corrected chi connectivity index (χ0v) is 10.9. The molecule has 0 saturated carbocycles. The number of ether oxygens (including phenoxy) is 3. The van der Waals surface area contributed by atoms with Crippen molar-refractivity contribution in [2.45, 2.75) is 38.9 Å². The minimum atomic E-state index is -0.835. The Balaban J connectivity index is 3.35. The fourth-order valence-electron chi connectivity index (χ4n) is 0.872. The molecule has 0 aromatic rings. The molecule has 6 nitrogen and oxygen atoms in total. The average Bonchev–Trinajstić information content (AvgIpc) is 2.33. The molecule has 102 valence electrons. The number of carbonyl (C=O) groups excluding carboxylic acids is 1. The highest BCUT2D eigenvalue weighted by atomic mass is 17.2. The van der Waals surface area contributed by atoms with Crippen LogP contribution in [0, 0.1) is 0 Å². The van der Waals surface area contributed by atoms with Gasteiger partial charge in [0, 0.05) is 27.1 Å². The van der Waals surface area contributed by atoms with Crippen LogP contribution < -0.4 is 0 Å². The van der Waals surface area contributed by atoms with Gasteiger partial charge in [-0.05, 0) is 13.8 Å². The lowest BCUT2D eigenvalue weighted by Crippen LogP contribution is -2.15. The molecule has 6 heteroatoms. The number of methoxy groups -OCH3 is 2. The Morgan fingerprint density at radius 2 is 1.53 bits per heavy atom. The van der Waals surface area contributed by atoms with Gasteiger partial charge in [0.1, 0.15) is 0 Å². The van der Waals surface area contributed by atoms with Crippen molar-refractivity contribution < 1.29 is 28.8 Å². The zero-order chi connectivity index (χ0) is 13.1. The Labute approximate surface area is 102 Å². The molecule has 0 aromatic heterocycles. The van der Waals surface area contributed by atoms with E-state index in [1.54, 1.807) is 14.2 Å². The van der Waals surface area contributed by atoms with E-state index >= 15 is 0 Å². The minimum Gasteiger partial charge on any atom is -0.432 e. The lowest BCUT2D eigenvalue weighted by atomic mass is 10.3. The molecule has 2 unspecified atom stereocenters. The van der Waals surface area contributed by atoms with Crippen LogP contribution in [-0.4, -0.2) is 45.8 Å². The molecule has 0 saturated heterocycles. The number of carbonyl (C=O) groups is 1. The Morgan fingerprint density at radius 3 is 2.06 bits per heavy atom. The molecule has 2 atom stereocenters. The molecule has 17 heavy (non-hydrogen) atoms. The van der Waals surface area contributed by atoms with Crippen LogP contribution in [0.4, 0.5) is 4.79 Å². The fourth-order valence-corrected chi connectivity index (χ4v) is 0.872. The van der Waals surface area contributed by atoms with Gasteiger partial charge in [-0.15, -0.1) is 0 Å². The molecule has 0 aromatic carbocycles. The summed E-state index contributed by atoms with van der Waals surface area (Å²) in [5.74, 6) is 0. The maximum absolute atomic E-state index is 11.0. The van der Waals surface area contributed by atoms with E-state index in [1.807, 2.05) is 13.8 Å². The van der Waals surface area contributed by atoms with Gasteiger partial charge in [0.05, 0.1) is 25.4 Å². The quantitative estimate of drug-likeness (QED) is 0.269. The molecule has 0 bridgehead atoms. The molecule has 0 aliphatic heterocycles. The summed E-state index contributed by atoms with van der Waals surface area (Å²) in [7, 11) is 3.21. The van der Waals surface area contributed by atoms with Crippen molar-refractivity contribution >= 4 is 6.16 Å². The first-order chi connectivity index (χ1) is 8.10. The van der Waals surface area contributed by atoms with Gasteiger partial charge in [0.25, 0.3) is 0 Å². The Bertz CT molecular complexity index is 196. The molecular formula is C11H22O6. The first-order valence-electron chi connectivity index (χ1n) is 5.62. The minimum absolute atomic E-state index is 0.0475. The summed E-state index contributed by atoms with van der Waals surface area (Å²) in [6.07, 6.45) is 0.540. The van der Waals surface area contributed by atoms with E-state index in [4.69, 9.17) is 14.2 Å². The van der Waals surface area contributed by atoms with Crippen LogP contribution in [0.1, 0.15) is 26.7 Å². The Hall–Kier alpha value is -0.850. The summed E-state index contributed by atoms with van der Waals surface area (Å²) in [5, 5.41) is 0. The van der Waals surface area contributed by atoms with E-state index in [2.05, 4.69) is 9.78 Å². The molecule has 0 spiro atoms. The topological polar surface area (TPSA) is 63.2 Å². The van der Waals surface area contributed by atoms with E-state index in [0.29, 0.717) is 12.8 Å². The first kappa shape index (κ1) is 16.1. The third-order valence-electron chi connectivity index (χ3n) is 2.28. The predicted molar refractivity (Wildman–Crippen MR) is 60.6 cm³/mol. The van der Waals surface area contributed by atoms with Gasteiger partial charge in [-0.25, -0.2) is 4.79 Å². The second-order valence-corrected chi connectivity index (χ2v) is 3.67. The van der Waals surface area contributed by atoms with Crippen LogP contribution in [0.25, 0.3) is 0 Å². The Kier molecular flexibility index (Phi) is 9.80. The van der Waals surface area contributed by atoms with Gasteiger partial charge in [-0.3, -0.25) is 4.89 Å². The van der Waals surface area contributed by atoms with Crippen LogP contribution in [0.2, 0.25) is 0 Å². The van der Waals surface area contributed by atoms with Crippen molar-refractivity contribution in [2.24, 2.45) is 0 Å². The van der Waals surface area contributed by atoms with Crippen molar-refractivity contribution in [3.8, 4) is 0 Å². The number of hydrogen-bond donors (Lipinski definition) is 0. The number of hydrogen-bond acceptors (Lipinski definition) is 6. The standard InChI is InChI=1S/C11H22O6/c1-9(13-3)5-7-15-11(12)17-16-8-6-10(2)14-4/h9-10H,5-8H2,1-4H3. The smallest absolute Gasteiger partial charge is 0.432 e. The molecule has 0 radical (unpaired) electrons. The molecule has 0 fully saturated rings. The lowest BCUT2D eigenvalue weighted by molar-refractivity contribution is -0.257. The summed E-state index contributed by atoms with van der Waals surface area (Å²) < 4.78 is 14.7. The molecule has 0 aliphatic rings. The van der Waals surface area contributed by atoms with E-state index in [1.165, 1.54) is 0 Å². The van der Waals surface area contributed by atoms with Gasteiger partial charge in [0.15, 0.2) is 0 Å². The summed E-state index contributed by atoms with van der Waals surface area (Å²) in [5.41, 5.74) is 0. The zero-order valence-electron chi connectivity index (χ0n) is 10.9. The van der Waals surface area contributed by atoms with Crippen LogP contribution >= 0.6 is 0 Å². The monoisotopic (exact) mass is 250 g/mol. The molecule has 0 rings (SSSR count). The Morgan fingerprint density at radius 1 is 1.00 bits per heavy atom. The number of rotatable bonds is 9. The first-order valence-corrected chi connectivity index (χ1v) is 5.62. The van der Waals surface area contributed by atoms with Crippen molar-refractivity contribution in [2.75, 3.05) is 27.4 Å². The highest BCUT2D eigenvalue weighted by Crippen LogP contribution is 1.99. The third-order valence-corrected chi connectivity index (χ3v) is 2.28. The van der Waals surface area contributed by atoms with Crippen LogP contribution in [0.3, 0.4) is 0 Å². The molecule has 0 amide bonds. The SMILES string of the molecule is COC(C)CCOOC(=O)OCCC(C)OC. The van der Waals surface area contributed by atoms with E-state index < -0.39 is 6.16 Å². The maximum atomic E-state index is 11.0. The molecule has 0 N–H and O–H groups in total. The second-order valence-electron chi connectivity index (χ2n) is 3.67. The highest BCUT2D eigenvalue weighted by molar-refractivity contribution is 5.58. The summed E-state index contributed by atoms with van der Waals surface area (Å²) in [4.78, 5) is 20.0. The summed E-state index contributed by atoms with van der Waals surface area (Å²) >= 11 is 0. The van der Waals surface area contributed by atoms with Gasteiger partial charge in [-0.2, -0.15) is 4.89 Å². The van der Waals surface area contributed by atoms with Gasteiger partial charge in [-0.1, -0.05) is 0 Å². The lowest BCUT2D eigenvalue weighted by Gasteiger charge is -2.10. The maximum Gasteiger partial charge on any atom is 0.540 e. The van der Waals surface area contributed by atoms with Gasteiger partial charge >= 0.3 is 6.16 Å². The van der Waals surface area contributed by atoms with Gasteiger partial charge < -0.3 is 14.2 Å². The largest absolute Gasteiger partial charge is 0.540 e. The van der Waals surface area contributed by atoms with Crippen molar-refractivity contribution in [3.63, 3.8) is 0 Å². The van der Waals surface area contributed by atoms with E-state index in [0.717, 1.165) is 0 Å². The molecule has 0 aliphatic carbocycles. The summed E-state index contributed by atoms with van der Waals surface area (Å²) in [6, 6.07) is 0. The van der Waals surface area contributed by atoms with Crippen molar-refractivity contribution in [1.29, 1.82) is 0 Å². The van der Waals surface area contributed by atoms with Crippen molar-refractivity contribution in [3.05, 3.63) is 0 Å². The van der Waals surface area contributed by atoms with E-state index in [-0.39, 0.29) is 25.4 Å². The van der Waals surface area contributed by atoms with E-state index in [9.17, 15) is 4.79 Å². The normalized spacial score (nSPS) is 14.1. The van der Waals surface area contributed by atoms with Gasteiger partial charge in [0.2, 0.25) is 0 Å². The predicted octanol–water partition coefficient (Wildman–Crippen LogP) is 1.92. The van der Waals surface area contributed by atoms with Crippen molar-refractivity contribution in [1.82, 2.24) is 0 Å². The fraction of sp³-hybridized carbons (Fsp3) is 0.909. The average molecular weight is 250 g/mol. The van der Waals surface area contributed by atoms with Crippen LogP contribution in [0.5, 0.6) is 0 Å². The molecule has 0 heterocycles. The highest BCUT2D eigenvalue weighted by Gasteiger charge is 2.07.